The zero-order valence-corrected chi connectivity index (χ0v) is 11.3. The van der Waals surface area contributed by atoms with Crippen LogP contribution in [0.2, 0.25) is 0 Å². The summed E-state index contributed by atoms with van der Waals surface area (Å²) in [7, 11) is 0. The lowest BCUT2D eigenvalue weighted by molar-refractivity contribution is 0.130. The molecule has 0 heterocycles. The molecule has 1 aromatic rings. The summed E-state index contributed by atoms with van der Waals surface area (Å²) in [6, 6.07) is 8.52. The summed E-state index contributed by atoms with van der Waals surface area (Å²) in [5.74, 6) is 0.640. The van der Waals surface area contributed by atoms with Crippen LogP contribution in [0.15, 0.2) is 29.4 Å². The van der Waals surface area contributed by atoms with Gasteiger partial charge in [-0.2, -0.15) is 0 Å². The average molecular weight is 245 g/mol. The molecule has 0 saturated heterocycles. The third-order valence-corrected chi connectivity index (χ3v) is 3.63. The molecular weight excluding hydrogens is 222 g/mol. The van der Waals surface area contributed by atoms with E-state index in [4.69, 9.17) is 4.84 Å². The summed E-state index contributed by atoms with van der Waals surface area (Å²) in [5.41, 5.74) is 2.56. The third-order valence-electron chi connectivity index (χ3n) is 3.63. The lowest BCUT2D eigenvalue weighted by Gasteiger charge is -2.16. The van der Waals surface area contributed by atoms with Crippen molar-refractivity contribution in [2.45, 2.75) is 52.1 Å². The molecule has 0 radical (unpaired) electrons. The second kappa shape index (κ2) is 7.20. The topological polar surface area (TPSA) is 21.6 Å². The maximum Gasteiger partial charge on any atom is 0.142 e. The molecule has 0 N–H and O–H groups in total. The Bertz CT molecular complexity index is 380. The van der Waals surface area contributed by atoms with Crippen LogP contribution in [0, 0.1) is 5.92 Å². The highest BCUT2D eigenvalue weighted by atomic mass is 16.6. The first-order valence-electron chi connectivity index (χ1n) is 7.11. The first kappa shape index (κ1) is 13.1. The van der Waals surface area contributed by atoms with Gasteiger partial charge >= 0.3 is 0 Å². The van der Waals surface area contributed by atoms with Gasteiger partial charge in [0.25, 0.3) is 0 Å². The van der Waals surface area contributed by atoms with Crippen molar-refractivity contribution in [3.05, 3.63) is 35.4 Å². The van der Waals surface area contributed by atoms with Crippen LogP contribution in [0.25, 0.3) is 0 Å². The van der Waals surface area contributed by atoms with Gasteiger partial charge in [0.05, 0.1) is 0 Å². The van der Waals surface area contributed by atoms with E-state index in [1.165, 1.54) is 43.2 Å². The van der Waals surface area contributed by atoms with Gasteiger partial charge < -0.3 is 4.84 Å². The molecule has 1 aromatic carbocycles. The largest absolute Gasteiger partial charge is 0.391 e. The highest BCUT2D eigenvalue weighted by Crippen LogP contribution is 2.21. The van der Waals surface area contributed by atoms with Crippen molar-refractivity contribution >= 4 is 6.21 Å². The molecule has 0 spiro atoms. The summed E-state index contributed by atoms with van der Waals surface area (Å²) in [5, 5.41) is 4.12. The van der Waals surface area contributed by atoms with Crippen LogP contribution in [0.1, 0.15) is 50.2 Å². The van der Waals surface area contributed by atoms with E-state index < -0.39 is 0 Å². The second-order valence-electron chi connectivity index (χ2n) is 5.10. The molecule has 18 heavy (non-hydrogen) atoms. The molecule has 1 aliphatic rings. The normalized spacial score (nSPS) is 17.2. The van der Waals surface area contributed by atoms with E-state index in [1.54, 1.807) is 0 Å². The standard InChI is InChI=1S/C16H23NO/c1-2-14-9-6-10-16(11-14)13-18-17-12-15-7-4-3-5-8-15/h6,9-12,15H,2-5,7-8,13H2,1H3. The van der Waals surface area contributed by atoms with Gasteiger partial charge in [-0.05, 0) is 36.3 Å². The predicted molar refractivity (Wildman–Crippen MR) is 75.7 cm³/mol. The lowest BCUT2D eigenvalue weighted by atomic mass is 9.90. The summed E-state index contributed by atoms with van der Waals surface area (Å²) in [6.07, 6.45) is 9.69. The Labute approximate surface area is 110 Å². The van der Waals surface area contributed by atoms with Gasteiger partial charge in [0.15, 0.2) is 0 Å². The van der Waals surface area contributed by atoms with Crippen LogP contribution < -0.4 is 0 Å². The monoisotopic (exact) mass is 245 g/mol. The van der Waals surface area contributed by atoms with E-state index in [1.807, 2.05) is 6.21 Å². The summed E-state index contributed by atoms with van der Waals surface area (Å²) in [4.78, 5) is 5.39. The molecular formula is C16H23NO. The van der Waals surface area contributed by atoms with Gasteiger partial charge in [0.1, 0.15) is 6.61 Å². The smallest absolute Gasteiger partial charge is 0.142 e. The Hall–Kier alpha value is -1.31. The third kappa shape index (κ3) is 4.17. The van der Waals surface area contributed by atoms with Crippen molar-refractivity contribution in [3.63, 3.8) is 0 Å². The molecule has 2 nitrogen and oxygen atoms in total. The van der Waals surface area contributed by atoms with Crippen molar-refractivity contribution in [2.24, 2.45) is 11.1 Å². The molecule has 2 rings (SSSR count). The quantitative estimate of drug-likeness (QED) is 0.559. The molecule has 1 saturated carbocycles. The highest BCUT2D eigenvalue weighted by Gasteiger charge is 2.10. The van der Waals surface area contributed by atoms with Crippen LogP contribution in [0.3, 0.4) is 0 Å². The van der Waals surface area contributed by atoms with Crippen molar-refractivity contribution < 1.29 is 4.84 Å². The van der Waals surface area contributed by atoms with Crippen molar-refractivity contribution in [3.8, 4) is 0 Å². The Morgan fingerprint density at radius 1 is 1.22 bits per heavy atom. The van der Waals surface area contributed by atoms with Gasteiger partial charge in [-0.15, -0.1) is 0 Å². The summed E-state index contributed by atoms with van der Waals surface area (Å²) in [6.45, 7) is 2.75. The summed E-state index contributed by atoms with van der Waals surface area (Å²) < 4.78 is 0. The van der Waals surface area contributed by atoms with Crippen molar-refractivity contribution in [1.29, 1.82) is 0 Å². The first-order chi connectivity index (χ1) is 8.88. The van der Waals surface area contributed by atoms with Gasteiger partial charge in [0.2, 0.25) is 0 Å². The zero-order valence-electron chi connectivity index (χ0n) is 11.3. The molecule has 1 aliphatic carbocycles. The van der Waals surface area contributed by atoms with E-state index in [0.29, 0.717) is 12.5 Å². The zero-order chi connectivity index (χ0) is 12.6. The molecule has 98 valence electrons. The van der Waals surface area contributed by atoms with Crippen LogP contribution in [0.5, 0.6) is 0 Å². The number of hydrogen-bond acceptors (Lipinski definition) is 2. The van der Waals surface area contributed by atoms with Gasteiger partial charge in [-0.3, -0.25) is 0 Å². The van der Waals surface area contributed by atoms with E-state index >= 15 is 0 Å². The number of rotatable bonds is 5. The molecule has 0 atom stereocenters. The number of nitrogens with zero attached hydrogens (tertiary/aromatic N) is 1. The van der Waals surface area contributed by atoms with Crippen LogP contribution >= 0.6 is 0 Å². The Morgan fingerprint density at radius 3 is 2.78 bits per heavy atom. The Balaban J connectivity index is 1.75. The minimum atomic E-state index is 0.580. The lowest BCUT2D eigenvalue weighted by Crippen LogP contribution is -2.07. The number of benzene rings is 1. The van der Waals surface area contributed by atoms with Crippen LogP contribution in [-0.4, -0.2) is 6.21 Å². The molecule has 0 aromatic heterocycles. The minimum absolute atomic E-state index is 0.580. The molecule has 0 aliphatic heterocycles. The maximum atomic E-state index is 5.39. The van der Waals surface area contributed by atoms with E-state index in [2.05, 4.69) is 36.3 Å². The fourth-order valence-corrected chi connectivity index (χ4v) is 2.46. The second-order valence-corrected chi connectivity index (χ2v) is 5.10. The van der Waals surface area contributed by atoms with Crippen LogP contribution in [-0.2, 0) is 17.9 Å². The SMILES string of the molecule is CCc1cccc(CON=CC2CCCCC2)c1. The fourth-order valence-electron chi connectivity index (χ4n) is 2.46. The van der Waals surface area contributed by atoms with E-state index in [9.17, 15) is 0 Å². The van der Waals surface area contributed by atoms with E-state index in [0.717, 1.165) is 6.42 Å². The van der Waals surface area contributed by atoms with Gasteiger partial charge in [0, 0.05) is 6.21 Å². The number of aryl methyl sites for hydroxylation is 1. The number of oxime groups is 1. The van der Waals surface area contributed by atoms with Gasteiger partial charge in [-0.25, -0.2) is 0 Å². The molecule has 1 fully saturated rings. The first-order valence-corrected chi connectivity index (χ1v) is 7.11. The van der Waals surface area contributed by atoms with Crippen molar-refractivity contribution in [2.75, 3.05) is 0 Å². The Kier molecular flexibility index (Phi) is 5.25. The molecule has 2 heteroatoms. The van der Waals surface area contributed by atoms with E-state index in [-0.39, 0.29) is 0 Å². The van der Waals surface area contributed by atoms with Crippen molar-refractivity contribution in [1.82, 2.24) is 0 Å². The summed E-state index contributed by atoms with van der Waals surface area (Å²) >= 11 is 0. The fraction of sp³-hybridized carbons (Fsp3) is 0.562. The maximum absolute atomic E-state index is 5.39. The molecule has 0 amide bonds. The number of hydrogen-bond donors (Lipinski definition) is 0. The average Bonchev–Trinajstić information content (AvgIpc) is 2.45. The van der Waals surface area contributed by atoms with Gasteiger partial charge in [-0.1, -0.05) is 55.6 Å². The van der Waals surface area contributed by atoms with Crippen LogP contribution in [0.4, 0.5) is 0 Å². The Morgan fingerprint density at radius 2 is 2.00 bits per heavy atom. The predicted octanol–water partition coefficient (Wildman–Crippen LogP) is 4.33. The molecule has 0 bridgehead atoms. The molecule has 0 unspecified atom stereocenters. The minimum Gasteiger partial charge on any atom is -0.391 e. The highest BCUT2D eigenvalue weighted by molar-refractivity contribution is 5.59.